The zero-order chi connectivity index (χ0) is 17.0. The number of rotatable bonds is 6. The highest BCUT2D eigenvalue weighted by atomic mass is 16.4. The molecule has 0 aliphatic carbocycles. The number of carbonyl (C=O) groups is 2. The molecule has 1 atom stereocenters. The molecule has 0 fully saturated rings. The Labute approximate surface area is 135 Å². The lowest BCUT2D eigenvalue weighted by atomic mass is 9.96. The van der Waals surface area contributed by atoms with Gasteiger partial charge in [0.25, 0.3) is 5.91 Å². The van der Waals surface area contributed by atoms with Crippen LogP contribution in [0.5, 0.6) is 0 Å². The largest absolute Gasteiger partial charge is 0.480 e. The van der Waals surface area contributed by atoms with E-state index in [1.807, 2.05) is 37.3 Å². The van der Waals surface area contributed by atoms with Gasteiger partial charge in [-0.2, -0.15) is 5.10 Å². The van der Waals surface area contributed by atoms with E-state index < -0.39 is 17.4 Å². The van der Waals surface area contributed by atoms with E-state index in [0.717, 1.165) is 5.69 Å². The number of carbonyl (C=O) groups excluding carboxylic acids is 1. The maximum Gasteiger partial charge on any atom is 0.329 e. The fraction of sp³-hybridized carbons (Fsp3) is 0.353. The SMILES string of the molecule is CCCC(C)(NC(=O)c1cnn(-c2ccccc2)c1C)C(=O)O. The molecule has 2 rings (SSSR count). The fourth-order valence-corrected chi connectivity index (χ4v) is 2.50. The predicted molar refractivity (Wildman–Crippen MR) is 86.7 cm³/mol. The molecule has 6 nitrogen and oxygen atoms in total. The highest BCUT2D eigenvalue weighted by Crippen LogP contribution is 2.17. The molecular formula is C17H21N3O3. The number of amides is 1. The van der Waals surface area contributed by atoms with Crippen LogP contribution in [-0.4, -0.2) is 32.3 Å². The number of hydrogen-bond donors (Lipinski definition) is 2. The number of benzene rings is 1. The molecule has 0 spiro atoms. The first kappa shape index (κ1) is 16.7. The van der Waals surface area contributed by atoms with Crippen LogP contribution in [0.1, 0.15) is 42.7 Å². The molecule has 2 aromatic rings. The van der Waals surface area contributed by atoms with E-state index in [1.165, 1.54) is 13.1 Å². The molecule has 0 bridgehead atoms. The number of carboxylic acids is 1. The van der Waals surface area contributed by atoms with Crippen LogP contribution in [0.2, 0.25) is 0 Å². The summed E-state index contributed by atoms with van der Waals surface area (Å²) in [6, 6.07) is 9.46. The molecule has 1 unspecified atom stereocenters. The quantitative estimate of drug-likeness (QED) is 0.858. The second kappa shape index (κ2) is 6.64. The zero-order valence-electron chi connectivity index (χ0n) is 13.5. The van der Waals surface area contributed by atoms with Gasteiger partial charge in [-0.15, -0.1) is 0 Å². The second-order valence-corrected chi connectivity index (χ2v) is 5.73. The van der Waals surface area contributed by atoms with Crippen LogP contribution >= 0.6 is 0 Å². The summed E-state index contributed by atoms with van der Waals surface area (Å²) in [6.45, 7) is 5.19. The molecule has 122 valence electrons. The number of hydrogen-bond acceptors (Lipinski definition) is 3. The van der Waals surface area contributed by atoms with Gasteiger partial charge in [-0.3, -0.25) is 4.79 Å². The molecule has 2 N–H and O–H groups in total. The number of nitrogens with zero attached hydrogens (tertiary/aromatic N) is 2. The summed E-state index contributed by atoms with van der Waals surface area (Å²) >= 11 is 0. The predicted octanol–water partition coefficient (Wildman–Crippen LogP) is 2.55. The Balaban J connectivity index is 2.28. The van der Waals surface area contributed by atoms with Crippen molar-refractivity contribution in [2.45, 2.75) is 39.2 Å². The summed E-state index contributed by atoms with van der Waals surface area (Å²) in [5, 5.41) is 16.2. The summed E-state index contributed by atoms with van der Waals surface area (Å²) in [5.41, 5.74) is 0.599. The van der Waals surface area contributed by atoms with E-state index in [1.54, 1.807) is 11.6 Å². The van der Waals surface area contributed by atoms with E-state index in [0.29, 0.717) is 24.1 Å². The average molecular weight is 315 g/mol. The molecule has 6 heteroatoms. The summed E-state index contributed by atoms with van der Waals surface area (Å²) < 4.78 is 1.66. The third kappa shape index (κ3) is 3.41. The van der Waals surface area contributed by atoms with Gasteiger partial charge in [-0.1, -0.05) is 31.5 Å². The third-order valence-electron chi connectivity index (χ3n) is 3.87. The molecule has 1 amide bonds. The minimum absolute atomic E-state index is 0.361. The second-order valence-electron chi connectivity index (χ2n) is 5.73. The molecule has 0 saturated heterocycles. The molecule has 1 aromatic carbocycles. The molecule has 1 aromatic heterocycles. The van der Waals surface area contributed by atoms with Gasteiger partial charge >= 0.3 is 5.97 Å². The normalized spacial score (nSPS) is 13.3. The molecule has 23 heavy (non-hydrogen) atoms. The van der Waals surface area contributed by atoms with Crippen molar-refractivity contribution in [1.29, 1.82) is 0 Å². The number of para-hydroxylation sites is 1. The molecule has 1 heterocycles. The summed E-state index contributed by atoms with van der Waals surface area (Å²) in [5.74, 6) is -1.47. The smallest absolute Gasteiger partial charge is 0.329 e. The monoisotopic (exact) mass is 315 g/mol. The minimum atomic E-state index is -1.28. The lowest BCUT2D eigenvalue weighted by Crippen LogP contribution is -2.52. The molecule has 0 aliphatic rings. The standard InChI is InChI=1S/C17H21N3O3/c1-4-10-17(3,16(22)23)19-15(21)14-11-18-20(12(14)2)13-8-6-5-7-9-13/h5-9,11H,4,10H2,1-3H3,(H,19,21)(H,22,23). The third-order valence-corrected chi connectivity index (χ3v) is 3.87. The first-order valence-electron chi connectivity index (χ1n) is 7.55. The number of aliphatic carboxylic acids is 1. The van der Waals surface area contributed by atoms with Crippen LogP contribution in [-0.2, 0) is 4.79 Å². The Kier molecular flexibility index (Phi) is 4.83. The van der Waals surface area contributed by atoms with Crippen LogP contribution in [0.15, 0.2) is 36.5 Å². The van der Waals surface area contributed by atoms with Crippen LogP contribution < -0.4 is 5.32 Å². The Morgan fingerprint density at radius 3 is 2.52 bits per heavy atom. The molecule has 0 saturated carbocycles. The van der Waals surface area contributed by atoms with Gasteiger partial charge in [0.05, 0.1) is 23.1 Å². The van der Waals surface area contributed by atoms with E-state index in [9.17, 15) is 14.7 Å². The topological polar surface area (TPSA) is 84.2 Å². The van der Waals surface area contributed by atoms with Gasteiger partial charge in [0.2, 0.25) is 0 Å². The zero-order valence-corrected chi connectivity index (χ0v) is 13.5. The maximum absolute atomic E-state index is 12.5. The van der Waals surface area contributed by atoms with E-state index in [-0.39, 0.29) is 0 Å². The minimum Gasteiger partial charge on any atom is -0.480 e. The summed E-state index contributed by atoms with van der Waals surface area (Å²) in [7, 11) is 0. The van der Waals surface area contributed by atoms with Gasteiger partial charge in [-0.25, -0.2) is 9.48 Å². The fourth-order valence-electron chi connectivity index (χ4n) is 2.50. The maximum atomic E-state index is 12.5. The van der Waals surface area contributed by atoms with E-state index >= 15 is 0 Å². The van der Waals surface area contributed by atoms with Gasteiger partial charge in [0.15, 0.2) is 0 Å². The van der Waals surface area contributed by atoms with Crippen LogP contribution in [0.25, 0.3) is 5.69 Å². The summed E-state index contributed by atoms with van der Waals surface area (Å²) in [6.07, 6.45) is 2.48. The Hall–Kier alpha value is -2.63. The van der Waals surface area contributed by atoms with Crippen molar-refractivity contribution in [3.63, 3.8) is 0 Å². The van der Waals surface area contributed by atoms with Crippen LogP contribution in [0.4, 0.5) is 0 Å². The first-order valence-corrected chi connectivity index (χ1v) is 7.55. The number of aromatic nitrogens is 2. The Bertz CT molecular complexity index is 709. The van der Waals surface area contributed by atoms with Crippen LogP contribution in [0.3, 0.4) is 0 Å². The number of nitrogens with one attached hydrogen (secondary N) is 1. The average Bonchev–Trinajstić information content (AvgIpc) is 2.90. The van der Waals surface area contributed by atoms with E-state index in [2.05, 4.69) is 10.4 Å². The van der Waals surface area contributed by atoms with Crippen molar-refractivity contribution in [2.75, 3.05) is 0 Å². The highest BCUT2D eigenvalue weighted by molar-refractivity contribution is 5.98. The van der Waals surface area contributed by atoms with Crippen molar-refractivity contribution >= 4 is 11.9 Å². The van der Waals surface area contributed by atoms with E-state index in [4.69, 9.17) is 0 Å². The van der Waals surface area contributed by atoms with Gasteiger partial charge in [0, 0.05) is 0 Å². The lowest BCUT2D eigenvalue weighted by Gasteiger charge is -2.25. The highest BCUT2D eigenvalue weighted by Gasteiger charge is 2.34. The van der Waals surface area contributed by atoms with Gasteiger partial charge in [-0.05, 0) is 32.4 Å². The van der Waals surface area contributed by atoms with Crippen molar-refractivity contribution in [2.24, 2.45) is 0 Å². The van der Waals surface area contributed by atoms with Crippen molar-refractivity contribution in [1.82, 2.24) is 15.1 Å². The molecular weight excluding hydrogens is 294 g/mol. The molecule has 0 radical (unpaired) electrons. The summed E-state index contributed by atoms with van der Waals surface area (Å²) in [4.78, 5) is 23.9. The number of carboxylic acid groups (broad SMARTS) is 1. The van der Waals surface area contributed by atoms with Gasteiger partial charge < -0.3 is 10.4 Å². The first-order chi connectivity index (χ1) is 10.9. The van der Waals surface area contributed by atoms with Crippen molar-refractivity contribution in [3.05, 3.63) is 47.8 Å². The Morgan fingerprint density at radius 2 is 1.96 bits per heavy atom. The van der Waals surface area contributed by atoms with Crippen molar-refractivity contribution < 1.29 is 14.7 Å². The van der Waals surface area contributed by atoms with Crippen LogP contribution in [0, 0.1) is 6.92 Å². The van der Waals surface area contributed by atoms with Crippen molar-refractivity contribution in [3.8, 4) is 5.69 Å². The lowest BCUT2D eigenvalue weighted by molar-refractivity contribution is -0.144. The Morgan fingerprint density at radius 1 is 1.30 bits per heavy atom. The molecule has 0 aliphatic heterocycles. The van der Waals surface area contributed by atoms with Gasteiger partial charge in [0.1, 0.15) is 5.54 Å².